The average molecular weight is 254 g/mol. The number of halogens is 3. The number of aliphatic hydroxyl groups excluding tert-OH is 1. The molecule has 1 saturated carbocycles. The molecule has 7 heteroatoms. The van der Waals surface area contributed by atoms with Gasteiger partial charge in [-0.2, -0.15) is 13.2 Å². The van der Waals surface area contributed by atoms with Gasteiger partial charge in [0.1, 0.15) is 6.54 Å². The van der Waals surface area contributed by atoms with Crippen LogP contribution in [0.15, 0.2) is 0 Å². The maximum atomic E-state index is 11.8. The van der Waals surface area contributed by atoms with Crippen LogP contribution in [0, 0.1) is 11.8 Å². The average Bonchev–Trinajstić information content (AvgIpc) is 2.69. The van der Waals surface area contributed by atoms with E-state index in [1.165, 1.54) is 0 Å². The van der Waals surface area contributed by atoms with Gasteiger partial charge in [-0.1, -0.05) is 6.42 Å². The Balaban J connectivity index is 2.19. The zero-order valence-corrected chi connectivity index (χ0v) is 9.39. The third kappa shape index (κ3) is 5.25. The molecular weight excluding hydrogens is 237 g/mol. The highest BCUT2D eigenvalue weighted by molar-refractivity contribution is 5.73. The van der Waals surface area contributed by atoms with Gasteiger partial charge in [-0.25, -0.2) is 4.79 Å². The Morgan fingerprint density at radius 1 is 1.24 bits per heavy atom. The quantitative estimate of drug-likeness (QED) is 0.707. The molecule has 0 aromatic rings. The lowest BCUT2D eigenvalue weighted by atomic mass is 9.97. The monoisotopic (exact) mass is 254 g/mol. The largest absolute Gasteiger partial charge is 0.405 e. The number of aliphatic hydroxyl groups is 1. The summed E-state index contributed by atoms with van der Waals surface area (Å²) in [6, 6.07) is -0.814. The number of alkyl halides is 3. The van der Waals surface area contributed by atoms with Crippen molar-refractivity contribution in [1.82, 2.24) is 10.6 Å². The van der Waals surface area contributed by atoms with E-state index >= 15 is 0 Å². The zero-order valence-electron chi connectivity index (χ0n) is 9.39. The lowest BCUT2D eigenvalue weighted by molar-refractivity contribution is -0.122. The molecular formula is C10H17F3N2O2. The minimum atomic E-state index is -4.39. The fraction of sp³-hybridized carbons (Fsp3) is 0.900. The topological polar surface area (TPSA) is 61.4 Å². The van der Waals surface area contributed by atoms with Gasteiger partial charge in [0.05, 0.1) is 0 Å². The Hall–Kier alpha value is -0.980. The van der Waals surface area contributed by atoms with Crippen LogP contribution >= 0.6 is 0 Å². The number of hydrogen-bond acceptors (Lipinski definition) is 2. The fourth-order valence-electron chi connectivity index (χ4n) is 2.09. The van der Waals surface area contributed by atoms with Gasteiger partial charge in [0.15, 0.2) is 0 Å². The summed E-state index contributed by atoms with van der Waals surface area (Å²) in [6.45, 7) is -0.946. The SMILES string of the molecule is O=C(NCC1CCCC1CO)NCC(F)(F)F. The van der Waals surface area contributed by atoms with Gasteiger partial charge in [0.25, 0.3) is 0 Å². The number of rotatable bonds is 4. The van der Waals surface area contributed by atoms with E-state index < -0.39 is 18.8 Å². The normalized spacial score (nSPS) is 24.7. The molecule has 1 aliphatic carbocycles. The summed E-state index contributed by atoms with van der Waals surface area (Å²) >= 11 is 0. The summed E-state index contributed by atoms with van der Waals surface area (Å²) < 4.78 is 35.4. The minimum Gasteiger partial charge on any atom is -0.396 e. The first-order chi connectivity index (χ1) is 7.92. The third-order valence-corrected chi connectivity index (χ3v) is 3.03. The Kier molecular flexibility index (Phi) is 5.04. The van der Waals surface area contributed by atoms with Gasteiger partial charge in [0, 0.05) is 13.2 Å². The maximum absolute atomic E-state index is 11.8. The van der Waals surface area contributed by atoms with E-state index in [0.717, 1.165) is 19.3 Å². The molecule has 2 unspecified atom stereocenters. The summed E-state index contributed by atoms with van der Waals surface area (Å²) in [5.41, 5.74) is 0. The molecule has 17 heavy (non-hydrogen) atoms. The molecule has 4 nitrogen and oxygen atoms in total. The van der Waals surface area contributed by atoms with Gasteiger partial charge < -0.3 is 15.7 Å². The molecule has 1 fully saturated rings. The number of carbonyl (C=O) groups excluding carboxylic acids is 1. The Labute approximate surface area is 97.6 Å². The van der Waals surface area contributed by atoms with Crippen molar-refractivity contribution >= 4 is 6.03 Å². The molecule has 100 valence electrons. The molecule has 2 atom stereocenters. The summed E-state index contributed by atoms with van der Waals surface area (Å²) in [4.78, 5) is 11.1. The van der Waals surface area contributed by atoms with E-state index in [-0.39, 0.29) is 18.4 Å². The molecule has 3 N–H and O–H groups in total. The first-order valence-electron chi connectivity index (χ1n) is 5.61. The van der Waals surface area contributed by atoms with Crippen molar-refractivity contribution in [3.63, 3.8) is 0 Å². The molecule has 0 heterocycles. The van der Waals surface area contributed by atoms with Crippen molar-refractivity contribution in [2.45, 2.75) is 25.4 Å². The van der Waals surface area contributed by atoms with E-state index in [1.54, 1.807) is 5.32 Å². The number of hydrogen-bond donors (Lipinski definition) is 3. The number of carbonyl (C=O) groups is 1. The molecule has 1 aliphatic rings. The van der Waals surface area contributed by atoms with Crippen LogP contribution in [0.25, 0.3) is 0 Å². The van der Waals surface area contributed by atoms with Gasteiger partial charge in [-0.3, -0.25) is 0 Å². The highest BCUT2D eigenvalue weighted by atomic mass is 19.4. The second-order valence-electron chi connectivity index (χ2n) is 4.31. The molecule has 0 radical (unpaired) electrons. The molecule has 0 aromatic carbocycles. The van der Waals surface area contributed by atoms with Crippen molar-refractivity contribution in [3.05, 3.63) is 0 Å². The van der Waals surface area contributed by atoms with E-state index in [4.69, 9.17) is 5.11 Å². The van der Waals surface area contributed by atoms with Gasteiger partial charge in [-0.15, -0.1) is 0 Å². The first kappa shape index (κ1) is 14.1. The summed E-state index contributed by atoms with van der Waals surface area (Å²) in [7, 11) is 0. The van der Waals surface area contributed by atoms with Crippen LogP contribution in [0.4, 0.5) is 18.0 Å². The van der Waals surface area contributed by atoms with Crippen molar-refractivity contribution in [2.24, 2.45) is 11.8 Å². The molecule has 0 bridgehead atoms. The van der Waals surface area contributed by atoms with E-state index in [2.05, 4.69) is 5.32 Å². The summed E-state index contributed by atoms with van der Waals surface area (Å²) in [5, 5.41) is 13.2. The Morgan fingerprint density at radius 3 is 2.47 bits per heavy atom. The van der Waals surface area contributed by atoms with Gasteiger partial charge in [-0.05, 0) is 24.7 Å². The summed E-state index contributed by atoms with van der Waals surface area (Å²) in [6.07, 6.45) is -1.60. The van der Waals surface area contributed by atoms with Crippen molar-refractivity contribution < 1.29 is 23.1 Å². The van der Waals surface area contributed by atoms with Gasteiger partial charge >= 0.3 is 12.2 Å². The highest BCUT2D eigenvalue weighted by Crippen LogP contribution is 2.30. The fourth-order valence-corrected chi connectivity index (χ4v) is 2.09. The van der Waals surface area contributed by atoms with Crippen LogP contribution in [0.1, 0.15) is 19.3 Å². The van der Waals surface area contributed by atoms with Crippen molar-refractivity contribution in [1.29, 1.82) is 0 Å². The molecule has 0 aromatic heterocycles. The van der Waals surface area contributed by atoms with Crippen molar-refractivity contribution in [3.8, 4) is 0 Å². The third-order valence-electron chi connectivity index (χ3n) is 3.03. The maximum Gasteiger partial charge on any atom is 0.405 e. The van der Waals surface area contributed by atoms with Crippen LogP contribution in [0.2, 0.25) is 0 Å². The second-order valence-corrected chi connectivity index (χ2v) is 4.31. The lowest BCUT2D eigenvalue weighted by Crippen LogP contribution is -2.43. The van der Waals surface area contributed by atoms with E-state index in [0.29, 0.717) is 6.54 Å². The van der Waals surface area contributed by atoms with E-state index in [1.807, 2.05) is 0 Å². The van der Waals surface area contributed by atoms with Gasteiger partial charge in [0.2, 0.25) is 0 Å². The lowest BCUT2D eigenvalue weighted by Gasteiger charge is -2.18. The Morgan fingerprint density at radius 2 is 1.88 bits per heavy atom. The minimum absolute atomic E-state index is 0.0660. The number of amides is 2. The Bertz CT molecular complexity index is 258. The first-order valence-corrected chi connectivity index (χ1v) is 5.61. The number of nitrogens with one attached hydrogen (secondary N) is 2. The second kappa shape index (κ2) is 6.09. The predicted molar refractivity (Wildman–Crippen MR) is 55.4 cm³/mol. The molecule has 2 amide bonds. The molecule has 0 saturated heterocycles. The van der Waals surface area contributed by atoms with Crippen LogP contribution in [-0.4, -0.2) is 37.0 Å². The van der Waals surface area contributed by atoms with Crippen molar-refractivity contribution in [2.75, 3.05) is 19.7 Å². The van der Waals surface area contributed by atoms with Crippen LogP contribution in [0.5, 0.6) is 0 Å². The summed E-state index contributed by atoms with van der Waals surface area (Å²) in [5.74, 6) is 0.314. The smallest absolute Gasteiger partial charge is 0.396 e. The van der Waals surface area contributed by atoms with Crippen LogP contribution in [-0.2, 0) is 0 Å². The standard InChI is InChI=1S/C10H17F3N2O2/c11-10(12,13)6-15-9(17)14-4-7-2-1-3-8(7)5-16/h7-8,16H,1-6H2,(H2,14,15,17). The predicted octanol–water partition coefficient (Wildman–Crippen LogP) is 1.26. The molecule has 0 aliphatic heterocycles. The van der Waals surface area contributed by atoms with Crippen LogP contribution in [0.3, 0.4) is 0 Å². The van der Waals surface area contributed by atoms with Crippen LogP contribution < -0.4 is 10.6 Å². The number of urea groups is 1. The van der Waals surface area contributed by atoms with E-state index in [9.17, 15) is 18.0 Å². The highest BCUT2D eigenvalue weighted by Gasteiger charge is 2.29. The zero-order chi connectivity index (χ0) is 12.9. The molecule has 1 rings (SSSR count). The molecule has 0 spiro atoms.